The average molecular weight is 372 g/mol. The topological polar surface area (TPSA) is 118 Å². The van der Waals surface area contributed by atoms with E-state index >= 15 is 0 Å². The van der Waals surface area contributed by atoms with E-state index in [1.807, 2.05) is 11.8 Å². The molecule has 1 atom stereocenters. The van der Waals surface area contributed by atoms with Crippen LogP contribution in [0.1, 0.15) is 57.7 Å². The molecule has 0 bridgehead atoms. The van der Waals surface area contributed by atoms with Crippen LogP contribution in [0.25, 0.3) is 0 Å². The first-order valence-electron chi connectivity index (χ1n) is 9.41. The van der Waals surface area contributed by atoms with Crippen LogP contribution in [-0.2, 0) is 12.8 Å². The molecule has 0 spiro atoms. The van der Waals surface area contributed by atoms with Gasteiger partial charge in [-0.1, -0.05) is 0 Å². The summed E-state index contributed by atoms with van der Waals surface area (Å²) in [6.45, 7) is 5.18. The van der Waals surface area contributed by atoms with E-state index in [0.717, 1.165) is 30.5 Å². The maximum Gasteiger partial charge on any atom is 0.323 e. The molecule has 9 nitrogen and oxygen atoms in total. The highest BCUT2D eigenvalue weighted by Gasteiger charge is 2.33. The minimum absolute atomic E-state index is 0.0672. The standard InChI is InChI=1S/C18H24N6O3/c1-10-9-23(16(25)14-11(2)19-18(27)20-14)7-4-8-24(10)17(26)15-12-5-3-6-13(12)21-22-15/h10H,3-9H2,1-2H3,(H,21,22)(H2,19,20,27)/t10-/m1/s1. The van der Waals surface area contributed by atoms with Gasteiger partial charge in [0.15, 0.2) is 5.69 Å². The fourth-order valence-electron chi connectivity index (χ4n) is 4.12. The zero-order chi connectivity index (χ0) is 19.1. The highest BCUT2D eigenvalue weighted by molar-refractivity contribution is 5.95. The van der Waals surface area contributed by atoms with Gasteiger partial charge in [0.1, 0.15) is 5.69 Å². The summed E-state index contributed by atoms with van der Waals surface area (Å²) in [4.78, 5) is 46.0. The molecule has 27 heavy (non-hydrogen) atoms. The smallest absolute Gasteiger partial charge is 0.323 e. The number of fused-ring (bicyclic) bond motifs is 1. The molecule has 4 rings (SSSR count). The quantitative estimate of drug-likeness (QED) is 0.715. The molecular formula is C18H24N6O3. The summed E-state index contributed by atoms with van der Waals surface area (Å²) in [5.41, 5.74) is 3.08. The van der Waals surface area contributed by atoms with Gasteiger partial charge in [0, 0.05) is 42.6 Å². The lowest BCUT2D eigenvalue weighted by atomic mass is 10.1. The lowest BCUT2D eigenvalue weighted by molar-refractivity contribution is 0.0642. The summed E-state index contributed by atoms with van der Waals surface area (Å²) in [7, 11) is 0. The van der Waals surface area contributed by atoms with Crippen LogP contribution in [0.4, 0.5) is 0 Å². The van der Waals surface area contributed by atoms with Gasteiger partial charge in [-0.25, -0.2) is 4.79 Å². The molecule has 2 aliphatic rings. The van der Waals surface area contributed by atoms with Crippen LogP contribution in [0.2, 0.25) is 0 Å². The third kappa shape index (κ3) is 3.07. The molecule has 2 amide bonds. The molecule has 1 aliphatic carbocycles. The van der Waals surface area contributed by atoms with Crippen molar-refractivity contribution in [2.75, 3.05) is 19.6 Å². The number of nitrogens with zero attached hydrogens (tertiary/aromatic N) is 3. The molecule has 2 aromatic heterocycles. The number of hydrogen-bond donors (Lipinski definition) is 3. The monoisotopic (exact) mass is 372 g/mol. The van der Waals surface area contributed by atoms with Gasteiger partial charge in [0.25, 0.3) is 11.8 Å². The van der Waals surface area contributed by atoms with Crippen molar-refractivity contribution in [2.24, 2.45) is 0 Å². The van der Waals surface area contributed by atoms with Crippen molar-refractivity contribution in [1.29, 1.82) is 0 Å². The van der Waals surface area contributed by atoms with E-state index in [9.17, 15) is 14.4 Å². The molecule has 144 valence electrons. The fraction of sp³-hybridized carbons (Fsp3) is 0.556. The van der Waals surface area contributed by atoms with Gasteiger partial charge >= 0.3 is 5.69 Å². The molecule has 0 aromatic carbocycles. The minimum atomic E-state index is -0.386. The predicted molar refractivity (Wildman–Crippen MR) is 97.8 cm³/mol. The van der Waals surface area contributed by atoms with E-state index in [-0.39, 0.29) is 29.2 Å². The summed E-state index contributed by atoms with van der Waals surface area (Å²) in [5.74, 6) is -0.282. The Labute approximate surface area is 156 Å². The number of carbonyl (C=O) groups excluding carboxylic acids is 2. The highest BCUT2D eigenvalue weighted by Crippen LogP contribution is 2.25. The van der Waals surface area contributed by atoms with E-state index in [0.29, 0.717) is 37.4 Å². The van der Waals surface area contributed by atoms with Crippen molar-refractivity contribution in [3.63, 3.8) is 0 Å². The van der Waals surface area contributed by atoms with Gasteiger partial charge in [0.05, 0.1) is 0 Å². The number of H-pyrrole nitrogens is 3. The molecule has 2 aromatic rings. The van der Waals surface area contributed by atoms with Crippen molar-refractivity contribution in [3.05, 3.63) is 38.8 Å². The summed E-state index contributed by atoms with van der Waals surface area (Å²) in [6, 6.07) is -0.135. The SMILES string of the molecule is Cc1[nH]c(=O)[nH]c1C(=O)N1CCCN(C(=O)c2n[nH]c3c2CCC3)[C@H](C)C1. The van der Waals surface area contributed by atoms with Crippen molar-refractivity contribution >= 4 is 11.8 Å². The number of carbonyl (C=O) groups is 2. The van der Waals surface area contributed by atoms with Crippen molar-refractivity contribution in [3.8, 4) is 0 Å². The Morgan fingerprint density at radius 1 is 1.11 bits per heavy atom. The summed E-state index contributed by atoms with van der Waals surface area (Å²) >= 11 is 0. The number of aromatic amines is 3. The van der Waals surface area contributed by atoms with Crippen LogP contribution >= 0.6 is 0 Å². The first-order valence-corrected chi connectivity index (χ1v) is 9.41. The first-order chi connectivity index (χ1) is 13.0. The van der Waals surface area contributed by atoms with Crippen LogP contribution in [-0.4, -0.2) is 67.5 Å². The lowest BCUT2D eigenvalue weighted by Crippen LogP contribution is -2.44. The van der Waals surface area contributed by atoms with Gasteiger partial charge in [0.2, 0.25) is 0 Å². The Hall–Kier alpha value is -2.84. The Kier molecular flexibility index (Phi) is 4.37. The van der Waals surface area contributed by atoms with Gasteiger partial charge in [-0.05, 0) is 39.5 Å². The summed E-state index contributed by atoms with van der Waals surface area (Å²) in [6.07, 6.45) is 3.57. The molecule has 3 N–H and O–H groups in total. The maximum absolute atomic E-state index is 13.1. The van der Waals surface area contributed by atoms with Crippen LogP contribution in [0, 0.1) is 6.92 Å². The molecule has 1 aliphatic heterocycles. The van der Waals surface area contributed by atoms with Gasteiger partial charge in [-0.3, -0.25) is 14.7 Å². The van der Waals surface area contributed by atoms with Crippen molar-refractivity contribution in [2.45, 2.75) is 45.6 Å². The van der Waals surface area contributed by atoms with Crippen LogP contribution < -0.4 is 5.69 Å². The molecule has 0 saturated carbocycles. The van der Waals surface area contributed by atoms with E-state index in [1.54, 1.807) is 11.8 Å². The van der Waals surface area contributed by atoms with Crippen LogP contribution in [0.5, 0.6) is 0 Å². The van der Waals surface area contributed by atoms with E-state index in [2.05, 4.69) is 20.2 Å². The number of aryl methyl sites for hydroxylation is 2. The molecule has 1 saturated heterocycles. The molecule has 0 radical (unpaired) electrons. The number of nitrogens with one attached hydrogen (secondary N) is 3. The lowest BCUT2D eigenvalue weighted by Gasteiger charge is -2.28. The molecule has 9 heteroatoms. The minimum Gasteiger partial charge on any atom is -0.335 e. The zero-order valence-electron chi connectivity index (χ0n) is 15.6. The second-order valence-electron chi connectivity index (χ2n) is 7.41. The Morgan fingerprint density at radius 2 is 1.93 bits per heavy atom. The van der Waals surface area contributed by atoms with Crippen molar-refractivity contribution in [1.82, 2.24) is 30.0 Å². The van der Waals surface area contributed by atoms with Crippen molar-refractivity contribution < 1.29 is 9.59 Å². The maximum atomic E-state index is 13.1. The largest absolute Gasteiger partial charge is 0.335 e. The van der Waals surface area contributed by atoms with Gasteiger partial charge in [-0.15, -0.1) is 0 Å². The Balaban J connectivity index is 1.52. The number of aromatic nitrogens is 4. The van der Waals surface area contributed by atoms with Crippen LogP contribution in [0.15, 0.2) is 4.79 Å². The third-order valence-electron chi connectivity index (χ3n) is 5.53. The fourth-order valence-corrected chi connectivity index (χ4v) is 4.12. The Morgan fingerprint density at radius 3 is 2.67 bits per heavy atom. The van der Waals surface area contributed by atoms with E-state index in [4.69, 9.17) is 0 Å². The zero-order valence-corrected chi connectivity index (χ0v) is 15.6. The van der Waals surface area contributed by atoms with Gasteiger partial charge < -0.3 is 19.8 Å². The summed E-state index contributed by atoms with van der Waals surface area (Å²) < 4.78 is 0. The first kappa shape index (κ1) is 17.6. The normalized spacial score (nSPS) is 19.9. The molecule has 1 fully saturated rings. The van der Waals surface area contributed by atoms with E-state index < -0.39 is 0 Å². The second-order valence-corrected chi connectivity index (χ2v) is 7.41. The average Bonchev–Trinajstić information content (AvgIpc) is 3.28. The second kappa shape index (κ2) is 6.71. The number of imidazole rings is 1. The molecule has 0 unspecified atom stereocenters. The van der Waals surface area contributed by atoms with Gasteiger partial charge in [-0.2, -0.15) is 5.10 Å². The third-order valence-corrected chi connectivity index (χ3v) is 5.53. The number of amides is 2. The Bertz CT molecular complexity index is 939. The number of rotatable bonds is 2. The molecular weight excluding hydrogens is 348 g/mol. The van der Waals surface area contributed by atoms with E-state index in [1.165, 1.54) is 0 Å². The predicted octanol–water partition coefficient (Wildman–Crippen LogP) is 0.600. The van der Waals surface area contributed by atoms with Crippen LogP contribution in [0.3, 0.4) is 0 Å². The molecule has 3 heterocycles. The number of hydrogen-bond acceptors (Lipinski definition) is 4. The summed E-state index contributed by atoms with van der Waals surface area (Å²) in [5, 5.41) is 7.25. The highest BCUT2D eigenvalue weighted by atomic mass is 16.2.